The summed E-state index contributed by atoms with van der Waals surface area (Å²) in [5.41, 5.74) is 0. The van der Waals surface area contributed by atoms with E-state index in [-0.39, 0.29) is 5.88 Å². The number of rotatable bonds is 9. The third-order valence-electron chi connectivity index (χ3n) is 1.95. The van der Waals surface area contributed by atoms with Crippen LogP contribution in [0.1, 0.15) is 20.8 Å². The van der Waals surface area contributed by atoms with Gasteiger partial charge in [0.15, 0.2) is 0 Å². The lowest BCUT2D eigenvalue weighted by molar-refractivity contribution is 0.153. The molecule has 21 heavy (non-hydrogen) atoms. The van der Waals surface area contributed by atoms with Crippen LogP contribution in [0.3, 0.4) is 0 Å². The van der Waals surface area contributed by atoms with E-state index in [2.05, 4.69) is 15.3 Å². The van der Waals surface area contributed by atoms with Crippen molar-refractivity contribution in [3.8, 4) is 0 Å². The van der Waals surface area contributed by atoms with Crippen LogP contribution in [0.15, 0.2) is 5.16 Å². The molecule has 0 aromatic carbocycles. The quantitative estimate of drug-likeness (QED) is 0.125. The Balaban J connectivity index is 4.20. The number of amides is 1. The standard InChI is InChI=1S/C10H22N3O4PS3/c1-6-15-18(19,16-7-2)13(4)21-8-11-10(14)17-12-9(3)20-5/h6-8H2,1-5H3,(H,11,14)/b12-9+. The Bertz CT molecular complexity index is 388. The van der Waals surface area contributed by atoms with Crippen LogP contribution in [0.4, 0.5) is 4.79 Å². The summed E-state index contributed by atoms with van der Waals surface area (Å²) in [5.74, 6) is 0.279. The van der Waals surface area contributed by atoms with E-state index in [0.717, 1.165) is 0 Å². The van der Waals surface area contributed by atoms with E-state index in [1.807, 2.05) is 20.1 Å². The number of thioether (sulfide) groups is 1. The molecule has 0 fully saturated rings. The highest BCUT2D eigenvalue weighted by molar-refractivity contribution is 8.15. The van der Waals surface area contributed by atoms with Gasteiger partial charge in [0, 0.05) is 7.05 Å². The molecule has 0 heterocycles. The van der Waals surface area contributed by atoms with Gasteiger partial charge in [-0.05, 0) is 50.8 Å². The van der Waals surface area contributed by atoms with E-state index in [1.165, 1.54) is 23.7 Å². The molecule has 0 saturated carbocycles. The maximum absolute atomic E-state index is 11.4. The maximum atomic E-state index is 11.4. The zero-order valence-corrected chi connectivity index (χ0v) is 16.2. The lowest BCUT2D eigenvalue weighted by atomic mass is 10.9. The van der Waals surface area contributed by atoms with Crippen LogP contribution in [-0.2, 0) is 25.7 Å². The third kappa shape index (κ3) is 9.02. The summed E-state index contributed by atoms with van der Waals surface area (Å²) >= 11 is 8.10. The summed E-state index contributed by atoms with van der Waals surface area (Å²) < 4.78 is 12.8. The van der Waals surface area contributed by atoms with E-state index in [4.69, 9.17) is 20.9 Å². The topological polar surface area (TPSA) is 72.4 Å². The lowest BCUT2D eigenvalue weighted by Crippen LogP contribution is -2.24. The van der Waals surface area contributed by atoms with E-state index < -0.39 is 12.7 Å². The van der Waals surface area contributed by atoms with Crippen molar-refractivity contribution in [3.05, 3.63) is 0 Å². The Kier molecular flexibility index (Phi) is 11.8. The number of nitrogens with zero attached hydrogens (tertiary/aromatic N) is 2. The monoisotopic (exact) mass is 375 g/mol. The Labute approximate surface area is 139 Å². The van der Waals surface area contributed by atoms with E-state index >= 15 is 0 Å². The minimum atomic E-state index is -2.50. The number of nitrogens with one attached hydrogen (secondary N) is 1. The Hall–Kier alpha value is 0.170. The zero-order chi connectivity index (χ0) is 16.3. The van der Waals surface area contributed by atoms with Gasteiger partial charge in [-0.15, -0.1) is 11.8 Å². The van der Waals surface area contributed by atoms with Crippen LogP contribution in [0.5, 0.6) is 0 Å². The third-order valence-corrected chi connectivity index (χ3v) is 7.79. The predicted molar refractivity (Wildman–Crippen MR) is 94.0 cm³/mol. The predicted octanol–water partition coefficient (Wildman–Crippen LogP) is 3.24. The molecule has 124 valence electrons. The second-order valence-electron chi connectivity index (χ2n) is 3.41. The number of hydrogen-bond donors (Lipinski definition) is 1. The largest absolute Gasteiger partial charge is 0.434 e. The number of carbonyl (C=O) groups is 1. The minimum Gasteiger partial charge on any atom is -0.318 e. The number of oxime groups is 1. The average molecular weight is 375 g/mol. The molecule has 0 aliphatic rings. The van der Waals surface area contributed by atoms with Gasteiger partial charge in [-0.3, -0.25) is 4.84 Å². The Morgan fingerprint density at radius 2 is 1.95 bits per heavy atom. The van der Waals surface area contributed by atoms with E-state index in [9.17, 15) is 4.79 Å². The Morgan fingerprint density at radius 1 is 1.38 bits per heavy atom. The zero-order valence-electron chi connectivity index (χ0n) is 12.8. The molecule has 0 aromatic rings. The van der Waals surface area contributed by atoms with Gasteiger partial charge in [0.2, 0.25) is 0 Å². The lowest BCUT2D eigenvalue weighted by Gasteiger charge is -2.28. The summed E-state index contributed by atoms with van der Waals surface area (Å²) in [5, 5.41) is 6.85. The molecule has 11 heteroatoms. The fourth-order valence-corrected chi connectivity index (χ4v) is 4.57. The van der Waals surface area contributed by atoms with Crippen LogP contribution in [0, 0.1) is 0 Å². The number of carbonyl (C=O) groups excluding carboxylic acids is 1. The van der Waals surface area contributed by atoms with Crippen molar-refractivity contribution in [3.63, 3.8) is 0 Å². The van der Waals surface area contributed by atoms with Crippen molar-refractivity contribution in [2.45, 2.75) is 20.8 Å². The molecule has 0 aliphatic carbocycles. The first kappa shape index (κ1) is 21.2. The molecule has 7 nitrogen and oxygen atoms in total. The molecule has 0 atom stereocenters. The van der Waals surface area contributed by atoms with Crippen LogP contribution in [-0.4, -0.2) is 47.6 Å². The van der Waals surface area contributed by atoms with Gasteiger partial charge < -0.3 is 14.4 Å². The second-order valence-corrected chi connectivity index (χ2v) is 9.21. The van der Waals surface area contributed by atoms with Gasteiger partial charge >= 0.3 is 6.09 Å². The molecule has 0 spiro atoms. The van der Waals surface area contributed by atoms with Gasteiger partial charge in [0.05, 0.1) is 19.1 Å². The highest BCUT2D eigenvalue weighted by Gasteiger charge is 2.25. The first-order chi connectivity index (χ1) is 9.89. The van der Waals surface area contributed by atoms with Crippen LogP contribution in [0.2, 0.25) is 0 Å². The molecular weight excluding hydrogens is 353 g/mol. The molecular formula is C10H22N3O4PS3. The molecule has 0 bridgehead atoms. The van der Waals surface area contributed by atoms with Crippen LogP contribution >= 0.6 is 30.4 Å². The van der Waals surface area contributed by atoms with Crippen molar-refractivity contribution < 1.29 is 18.7 Å². The average Bonchev–Trinajstić information content (AvgIpc) is 2.45. The molecule has 0 aliphatic heterocycles. The summed E-state index contributed by atoms with van der Waals surface area (Å²) in [7, 11) is 1.78. The molecule has 1 N–H and O–H groups in total. The van der Waals surface area contributed by atoms with Gasteiger partial charge in [-0.2, -0.15) is 4.08 Å². The molecule has 0 saturated heterocycles. The second kappa shape index (κ2) is 11.7. The van der Waals surface area contributed by atoms with Crippen molar-refractivity contribution >= 4 is 53.3 Å². The van der Waals surface area contributed by atoms with Crippen molar-refractivity contribution in [2.75, 3.05) is 32.4 Å². The van der Waals surface area contributed by atoms with Crippen molar-refractivity contribution in [1.82, 2.24) is 9.39 Å². The fourth-order valence-electron chi connectivity index (χ4n) is 0.957. The molecule has 1 amide bonds. The molecule has 0 radical (unpaired) electrons. The fraction of sp³-hybridized carbons (Fsp3) is 0.800. The Morgan fingerprint density at radius 3 is 2.43 bits per heavy atom. The highest BCUT2D eigenvalue weighted by atomic mass is 32.5. The van der Waals surface area contributed by atoms with Crippen LogP contribution in [0.25, 0.3) is 0 Å². The van der Waals surface area contributed by atoms with Gasteiger partial charge in [-0.1, -0.05) is 5.16 Å². The van der Waals surface area contributed by atoms with E-state index in [1.54, 1.807) is 18.0 Å². The molecule has 0 unspecified atom stereocenters. The molecule has 0 aromatic heterocycles. The van der Waals surface area contributed by atoms with Crippen molar-refractivity contribution in [2.24, 2.45) is 5.16 Å². The summed E-state index contributed by atoms with van der Waals surface area (Å²) in [6.45, 7) is 3.92. The normalized spacial score (nSPS) is 12.6. The van der Waals surface area contributed by atoms with Gasteiger partial charge in [0.25, 0.3) is 6.64 Å². The minimum absolute atomic E-state index is 0.279. The van der Waals surface area contributed by atoms with Gasteiger partial charge in [-0.25, -0.2) is 4.79 Å². The summed E-state index contributed by atoms with van der Waals surface area (Å²) in [4.78, 5) is 16.0. The number of hydrogen-bond acceptors (Lipinski definition) is 8. The molecule has 0 rings (SSSR count). The maximum Gasteiger partial charge on any atom is 0.434 e. The van der Waals surface area contributed by atoms with Crippen molar-refractivity contribution in [1.29, 1.82) is 0 Å². The first-order valence-corrected chi connectivity index (χ1v) is 10.9. The SMILES string of the molecule is CCOP(=S)(OCC)N(C)SCNC(=O)O/N=C(\C)SC. The highest BCUT2D eigenvalue weighted by Crippen LogP contribution is 2.54. The van der Waals surface area contributed by atoms with E-state index in [0.29, 0.717) is 18.3 Å². The van der Waals surface area contributed by atoms with Crippen LogP contribution < -0.4 is 5.32 Å². The first-order valence-electron chi connectivity index (χ1n) is 6.19. The smallest absolute Gasteiger partial charge is 0.318 e. The van der Waals surface area contributed by atoms with Gasteiger partial charge in [0.1, 0.15) is 5.04 Å². The summed E-state index contributed by atoms with van der Waals surface area (Å²) in [6.07, 6.45) is 1.23. The summed E-state index contributed by atoms with van der Waals surface area (Å²) in [6, 6.07) is 0.